The summed E-state index contributed by atoms with van der Waals surface area (Å²) in [6.45, 7) is 7.80. The molecule has 0 saturated heterocycles. The predicted molar refractivity (Wildman–Crippen MR) is 186 cm³/mol. The third-order valence-electron chi connectivity index (χ3n) is 7.72. The average molecular weight is 704 g/mol. The summed E-state index contributed by atoms with van der Waals surface area (Å²) in [5.74, 6) is -0.714. The normalized spacial score (nSPS) is 13.9. The van der Waals surface area contributed by atoms with E-state index in [-0.39, 0.29) is 49.8 Å². The molecule has 0 radical (unpaired) electrons. The lowest BCUT2D eigenvalue weighted by Crippen LogP contribution is -2.41. The average Bonchev–Trinajstić information content (AvgIpc) is 2.98. The smallest absolute Gasteiger partial charge is 0.264 e. The first kappa shape index (κ1) is 45.6. The molecule has 13 heteroatoms. The minimum atomic E-state index is -4.05. The molecule has 0 fully saturated rings. The second-order valence-corrected chi connectivity index (χ2v) is 15.7. The van der Waals surface area contributed by atoms with Crippen LogP contribution in [0.5, 0.6) is 0 Å². The van der Waals surface area contributed by atoms with Crippen LogP contribution in [-0.2, 0) is 39.2 Å². The molecule has 0 bridgehead atoms. The fourth-order valence-corrected chi connectivity index (χ4v) is 6.13. The molecule has 11 nitrogen and oxygen atoms in total. The van der Waals surface area contributed by atoms with E-state index in [1.54, 1.807) is 0 Å². The number of hydrogen-bond acceptors (Lipinski definition) is 9. The van der Waals surface area contributed by atoms with Gasteiger partial charge in [-0.15, -0.1) is 0 Å². The highest BCUT2D eigenvalue weighted by Gasteiger charge is 2.19. The van der Waals surface area contributed by atoms with Crippen LogP contribution >= 0.6 is 0 Å². The monoisotopic (exact) mass is 703 g/mol. The van der Waals surface area contributed by atoms with Crippen molar-refractivity contribution in [2.75, 3.05) is 71.3 Å². The van der Waals surface area contributed by atoms with Gasteiger partial charge in [-0.05, 0) is 32.7 Å². The molecule has 278 valence electrons. The lowest BCUT2D eigenvalue weighted by Gasteiger charge is -2.28. The topological polar surface area (TPSA) is 149 Å². The zero-order chi connectivity index (χ0) is 34.4. The second kappa shape index (κ2) is 30.7. The van der Waals surface area contributed by atoms with Gasteiger partial charge < -0.3 is 23.8 Å². The summed E-state index contributed by atoms with van der Waals surface area (Å²) in [6.07, 6.45) is 19.2. The van der Waals surface area contributed by atoms with Gasteiger partial charge in [-0.25, -0.2) is 0 Å². The maximum atomic E-state index is 11.1. The summed E-state index contributed by atoms with van der Waals surface area (Å²) in [5, 5.41) is 0. The SMILES string of the molecule is CCCCCCCCCCOCC(CN(C)CC(COCCCCCCCCCC)OCCCS(=O)(=O)O)OCCCS(=O)(=O)O. The van der Waals surface area contributed by atoms with Crippen molar-refractivity contribution < 1.29 is 44.9 Å². The fraction of sp³-hybridized carbons (Fsp3) is 1.00. The Kier molecular flexibility index (Phi) is 30.4. The van der Waals surface area contributed by atoms with Gasteiger partial charge in [-0.3, -0.25) is 9.11 Å². The Morgan fingerprint density at radius 3 is 1.15 bits per heavy atom. The van der Waals surface area contributed by atoms with E-state index >= 15 is 0 Å². The van der Waals surface area contributed by atoms with Crippen LogP contribution in [0, 0.1) is 0 Å². The van der Waals surface area contributed by atoms with Gasteiger partial charge in [0.2, 0.25) is 0 Å². The highest BCUT2D eigenvalue weighted by molar-refractivity contribution is 7.86. The minimum Gasteiger partial charge on any atom is -0.379 e. The Morgan fingerprint density at radius 2 is 0.826 bits per heavy atom. The summed E-state index contributed by atoms with van der Waals surface area (Å²) in [5.41, 5.74) is 0. The molecule has 2 unspecified atom stereocenters. The Balaban J connectivity index is 4.77. The Morgan fingerprint density at radius 1 is 0.500 bits per heavy atom. The number of likely N-dealkylation sites (N-methyl/N-ethyl adjacent to an activating group) is 1. The highest BCUT2D eigenvalue weighted by Crippen LogP contribution is 2.11. The van der Waals surface area contributed by atoms with E-state index in [1.165, 1.54) is 77.0 Å². The number of rotatable bonds is 36. The maximum absolute atomic E-state index is 11.1. The van der Waals surface area contributed by atoms with Crippen LogP contribution < -0.4 is 0 Å². The first-order chi connectivity index (χ1) is 22.0. The molecule has 0 aliphatic carbocycles. The van der Waals surface area contributed by atoms with E-state index in [4.69, 9.17) is 28.1 Å². The van der Waals surface area contributed by atoms with Gasteiger partial charge in [0.05, 0.1) is 36.9 Å². The van der Waals surface area contributed by atoms with Crippen LogP contribution in [0.4, 0.5) is 0 Å². The van der Waals surface area contributed by atoms with Crippen LogP contribution in [0.3, 0.4) is 0 Å². The highest BCUT2D eigenvalue weighted by atomic mass is 32.2. The number of unbranched alkanes of at least 4 members (excludes halogenated alkanes) is 14. The molecule has 0 aromatic heterocycles. The van der Waals surface area contributed by atoms with Gasteiger partial charge in [0, 0.05) is 39.5 Å². The van der Waals surface area contributed by atoms with Gasteiger partial charge in [0.15, 0.2) is 0 Å². The first-order valence-corrected chi connectivity index (χ1v) is 21.2. The van der Waals surface area contributed by atoms with Crippen LogP contribution in [0.2, 0.25) is 0 Å². The second-order valence-electron chi connectivity index (χ2n) is 12.6. The molecular formula is C33H69NO10S2. The zero-order valence-corrected chi connectivity index (χ0v) is 31.0. The molecule has 46 heavy (non-hydrogen) atoms. The number of nitrogens with zero attached hydrogens (tertiary/aromatic N) is 1. The van der Waals surface area contributed by atoms with Crippen molar-refractivity contribution in [3.05, 3.63) is 0 Å². The van der Waals surface area contributed by atoms with E-state index in [0.29, 0.717) is 39.5 Å². The summed E-state index contributed by atoms with van der Waals surface area (Å²) in [4.78, 5) is 2.04. The summed E-state index contributed by atoms with van der Waals surface area (Å²) >= 11 is 0. The number of hydrogen-bond donors (Lipinski definition) is 2. The van der Waals surface area contributed by atoms with Crippen molar-refractivity contribution in [3.63, 3.8) is 0 Å². The van der Waals surface area contributed by atoms with Gasteiger partial charge in [-0.2, -0.15) is 16.8 Å². The molecule has 0 amide bonds. The van der Waals surface area contributed by atoms with E-state index in [2.05, 4.69) is 13.8 Å². The molecule has 2 atom stereocenters. The Hall–Kier alpha value is -0.380. The third-order valence-corrected chi connectivity index (χ3v) is 9.33. The van der Waals surface area contributed by atoms with Crippen LogP contribution in [0.1, 0.15) is 129 Å². The maximum Gasteiger partial charge on any atom is 0.264 e. The minimum absolute atomic E-state index is 0.177. The predicted octanol–water partition coefficient (Wildman–Crippen LogP) is 6.56. The molecule has 0 saturated carbocycles. The molecule has 0 aromatic carbocycles. The standard InChI is InChI=1S/C33H69NO10S2/c1-4-6-8-10-12-14-16-18-22-41-30-32(43-24-20-26-45(35,36)37)28-34(3)29-33(44-25-21-27-46(38,39)40)31-42-23-19-17-15-13-11-9-7-5-2/h32-33H,4-31H2,1-3H3,(H,35,36,37)(H,38,39,40). The van der Waals surface area contributed by atoms with Crippen molar-refractivity contribution in [1.29, 1.82) is 0 Å². The van der Waals surface area contributed by atoms with Crippen molar-refractivity contribution >= 4 is 20.2 Å². The lowest BCUT2D eigenvalue weighted by atomic mass is 10.1. The van der Waals surface area contributed by atoms with E-state index in [0.717, 1.165) is 25.7 Å². The van der Waals surface area contributed by atoms with E-state index < -0.39 is 20.2 Å². The van der Waals surface area contributed by atoms with Gasteiger partial charge in [0.25, 0.3) is 20.2 Å². The van der Waals surface area contributed by atoms with Crippen molar-refractivity contribution in [2.45, 2.75) is 142 Å². The molecular weight excluding hydrogens is 634 g/mol. The van der Waals surface area contributed by atoms with Crippen LogP contribution in [0.25, 0.3) is 0 Å². The van der Waals surface area contributed by atoms with Gasteiger partial charge in [-0.1, -0.05) is 104 Å². The van der Waals surface area contributed by atoms with Crippen molar-refractivity contribution in [1.82, 2.24) is 4.90 Å². The quantitative estimate of drug-likeness (QED) is 0.0540. The van der Waals surface area contributed by atoms with Gasteiger partial charge in [0.1, 0.15) is 0 Å². The number of ether oxygens (including phenoxy) is 4. The summed E-state index contributed by atoms with van der Waals surface area (Å²) in [6, 6.07) is 0. The molecule has 0 aromatic rings. The molecule has 0 aliphatic heterocycles. The van der Waals surface area contributed by atoms with Gasteiger partial charge >= 0.3 is 0 Å². The van der Waals surface area contributed by atoms with E-state index in [1.807, 2.05) is 11.9 Å². The van der Waals surface area contributed by atoms with Crippen LogP contribution in [-0.4, -0.2) is 114 Å². The fourth-order valence-electron chi connectivity index (χ4n) is 5.17. The van der Waals surface area contributed by atoms with Crippen molar-refractivity contribution in [3.8, 4) is 0 Å². The molecule has 0 heterocycles. The van der Waals surface area contributed by atoms with Crippen molar-refractivity contribution in [2.24, 2.45) is 0 Å². The molecule has 2 N–H and O–H groups in total. The largest absolute Gasteiger partial charge is 0.379 e. The third kappa shape index (κ3) is 34.9. The zero-order valence-electron chi connectivity index (χ0n) is 29.4. The first-order valence-electron chi connectivity index (χ1n) is 17.9. The van der Waals surface area contributed by atoms with Crippen LogP contribution in [0.15, 0.2) is 0 Å². The summed E-state index contributed by atoms with van der Waals surface area (Å²) in [7, 11) is -6.16. The molecule has 0 aliphatic rings. The Labute approximate surface area is 282 Å². The molecule has 0 rings (SSSR count). The summed E-state index contributed by atoms with van der Waals surface area (Å²) < 4.78 is 86.3. The lowest BCUT2D eigenvalue weighted by molar-refractivity contribution is -0.0527. The van der Waals surface area contributed by atoms with E-state index in [9.17, 15) is 16.8 Å². The molecule has 0 spiro atoms. The Bertz CT molecular complexity index is 804.